The maximum absolute atomic E-state index is 12.2. The van der Waals surface area contributed by atoms with Crippen molar-refractivity contribution in [2.75, 3.05) is 12.3 Å². The predicted molar refractivity (Wildman–Crippen MR) is 71.1 cm³/mol. The number of nitrogens with one attached hydrogen (secondary N) is 1. The van der Waals surface area contributed by atoms with Crippen LogP contribution in [-0.4, -0.2) is 26.8 Å². The Balaban J connectivity index is 2.97. The summed E-state index contributed by atoms with van der Waals surface area (Å²) in [6, 6.07) is 5.44. The minimum atomic E-state index is -3.19. The van der Waals surface area contributed by atoms with Gasteiger partial charge in [-0.2, -0.15) is 0 Å². The SMILES string of the molecule is CCNC(C)CS(=O)(=O)c1ccc(C)cc1C. The normalized spacial score (nSPS) is 13.6. The molecule has 0 radical (unpaired) electrons. The molecule has 0 aliphatic rings. The first kappa shape index (κ1) is 14.2. The monoisotopic (exact) mass is 255 g/mol. The summed E-state index contributed by atoms with van der Waals surface area (Å²) in [4.78, 5) is 0.452. The lowest BCUT2D eigenvalue weighted by Gasteiger charge is -2.14. The molecular weight excluding hydrogens is 234 g/mol. The van der Waals surface area contributed by atoms with Crippen LogP contribution in [0.2, 0.25) is 0 Å². The first-order valence-electron chi connectivity index (χ1n) is 5.90. The van der Waals surface area contributed by atoms with Crippen LogP contribution in [0.4, 0.5) is 0 Å². The fraction of sp³-hybridized carbons (Fsp3) is 0.538. The summed E-state index contributed by atoms with van der Waals surface area (Å²) < 4.78 is 24.4. The number of rotatable bonds is 5. The Labute approximate surface area is 104 Å². The van der Waals surface area contributed by atoms with E-state index in [1.165, 1.54) is 0 Å². The molecule has 0 saturated heterocycles. The van der Waals surface area contributed by atoms with Crippen molar-refractivity contribution < 1.29 is 8.42 Å². The van der Waals surface area contributed by atoms with Crippen LogP contribution in [0.3, 0.4) is 0 Å². The van der Waals surface area contributed by atoms with Crippen molar-refractivity contribution in [2.24, 2.45) is 0 Å². The molecule has 1 N–H and O–H groups in total. The first-order chi connectivity index (χ1) is 7.86. The Morgan fingerprint density at radius 1 is 1.29 bits per heavy atom. The predicted octanol–water partition coefficient (Wildman–Crippen LogP) is 2.08. The summed E-state index contributed by atoms with van der Waals surface area (Å²) in [5, 5.41) is 3.12. The van der Waals surface area contributed by atoms with Gasteiger partial charge in [-0.25, -0.2) is 8.42 Å². The quantitative estimate of drug-likeness (QED) is 0.876. The molecule has 17 heavy (non-hydrogen) atoms. The van der Waals surface area contributed by atoms with Gasteiger partial charge >= 0.3 is 0 Å². The van der Waals surface area contributed by atoms with Crippen LogP contribution in [0, 0.1) is 13.8 Å². The molecule has 1 aromatic rings. The van der Waals surface area contributed by atoms with E-state index in [9.17, 15) is 8.42 Å². The highest BCUT2D eigenvalue weighted by molar-refractivity contribution is 7.91. The van der Waals surface area contributed by atoms with Crippen molar-refractivity contribution >= 4 is 9.84 Å². The summed E-state index contributed by atoms with van der Waals surface area (Å²) in [6.45, 7) is 8.46. The molecule has 1 unspecified atom stereocenters. The van der Waals surface area contributed by atoms with Gasteiger partial charge in [0.15, 0.2) is 9.84 Å². The minimum Gasteiger partial charge on any atom is -0.314 e. The van der Waals surface area contributed by atoms with E-state index in [1.807, 2.05) is 39.8 Å². The summed E-state index contributed by atoms with van der Waals surface area (Å²) in [6.07, 6.45) is 0. The van der Waals surface area contributed by atoms with E-state index >= 15 is 0 Å². The zero-order valence-corrected chi connectivity index (χ0v) is 11.8. The molecule has 0 saturated carbocycles. The van der Waals surface area contributed by atoms with Crippen LogP contribution in [0.25, 0.3) is 0 Å². The van der Waals surface area contributed by atoms with E-state index < -0.39 is 9.84 Å². The summed E-state index contributed by atoms with van der Waals surface area (Å²) in [7, 11) is -3.19. The number of hydrogen-bond acceptors (Lipinski definition) is 3. The molecule has 0 fully saturated rings. The largest absolute Gasteiger partial charge is 0.314 e. The first-order valence-corrected chi connectivity index (χ1v) is 7.55. The van der Waals surface area contributed by atoms with Gasteiger partial charge < -0.3 is 5.32 Å². The van der Waals surface area contributed by atoms with Crippen molar-refractivity contribution in [2.45, 2.75) is 38.6 Å². The second-order valence-electron chi connectivity index (χ2n) is 4.51. The zero-order valence-electron chi connectivity index (χ0n) is 10.9. The van der Waals surface area contributed by atoms with Gasteiger partial charge in [0.05, 0.1) is 10.6 Å². The summed E-state index contributed by atoms with van der Waals surface area (Å²) in [5.41, 5.74) is 1.91. The second-order valence-corrected chi connectivity index (χ2v) is 6.51. The number of hydrogen-bond donors (Lipinski definition) is 1. The molecule has 0 aliphatic heterocycles. The van der Waals surface area contributed by atoms with Gasteiger partial charge in [0.2, 0.25) is 0 Å². The fourth-order valence-corrected chi connectivity index (χ4v) is 3.76. The Kier molecular flexibility index (Phi) is 4.71. The lowest BCUT2D eigenvalue weighted by molar-refractivity contribution is 0.566. The molecule has 0 aliphatic carbocycles. The number of sulfone groups is 1. The Morgan fingerprint density at radius 2 is 1.94 bits per heavy atom. The minimum absolute atomic E-state index is 0.0225. The van der Waals surface area contributed by atoms with Crippen molar-refractivity contribution in [3.8, 4) is 0 Å². The highest BCUT2D eigenvalue weighted by Gasteiger charge is 2.19. The second kappa shape index (κ2) is 5.65. The van der Waals surface area contributed by atoms with Gasteiger partial charge in [-0.3, -0.25) is 0 Å². The third-order valence-electron chi connectivity index (χ3n) is 2.69. The molecule has 0 aromatic heterocycles. The Hall–Kier alpha value is -0.870. The molecule has 1 aromatic carbocycles. The van der Waals surface area contributed by atoms with Crippen LogP contribution in [0.5, 0.6) is 0 Å². The number of aryl methyl sites for hydroxylation is 2. The van der Waals surface area contributed by atoms with Crippen LogP contribution in [0.15, 0.2) is 23.1 Å². The third-order valence-corrected chi connectivity index (χ3v) is 4.75. The average molecular weight is 255 g/mol. The molecule has 1 rings (SSSR count). The smallest absolute Gasteiger partial charge is 0.180 e. The van der Waals surface area contributed by atoms with Crippen molar-refractivity contribution in [3.05, 3.63) is 29.3 Å². The topological polar surface area (TPSA) is 46.2 Å². The molecule has 4 heteroatoms. The van der Waals surface area contributed by atoms with Crippen LogP contribution >= 0.6 is 0 Å². The van der Waals surface area contributed by atoms with Gasteiger partial charge in [-0.05, 0) is 38.9 Å². The summed E-state index contributed by atoms with van der Waals surface area (Å²) in [5.74, 6) is 0.144. The van der Waals surface area contributed by atoms with Gasteiger partial charge in [-0.15, -0.1) is 0 Å². The van der Waals surface area contributed by atoms with Gasteiger partial charge in [-0.1, -0.05) is 24.6 Å². The summed E-state index contributed by atoms with van der Waals surface area (Å²) >= 11 is 0. The molecule has 3 nitrogen and oxygen atoms in total. The van der Waals surface area contributed by atoms with E-state index in [-0.39, 0.29) is 11.8 Å². The molecule has 0 heterocycles. The fourth-order valence-electron chi connectivity index (χ4n) is 1.97. The Morgan fingerprint density at radius 3 is 2.47 bits per heavy atom. The van der Waals surface area contributed by atoms with Crippen LogP contribution in [-0.2, 0) is 9.84 Å². The van der Waals surface area contributed by atoms with Gasteiger partial charge in [0.25, 0.3) is 0 Å². The standard InChI is InChI=1S/C13H21NO2S/c1-5-14-12(4)9-17(15,16)13-7-6-10(2)8-11(13)3/h6-8,12,14H,5,9H2,1-4H3. The van der Waals surface area contributed by atoms with E-state index in [0.29, 0.717) is 4.90 Å². The van der Waals surface area contributed by atoms with E-state index in [2.05, 4.69) is 5.32 Å². The van der Waals surface area contributed by atoms with Gasteiger partial charge in [0.1, 0.15) is 0 Å². The highest BCUT2D eigenvalue weighted by Crippen LogP contribution is 2.18. The molecule has 1 atom stereocenters. The van der Waals surface area contributed by atoms with Crippen LogP contribution < -0.4 is 5.32 Å². The van der Waals surface area contributed by atoms with Crippen molar-refractivity contribution in [3.63, 3.8) is 0 Å². The van der Waals surface area contributed by atoms with Crippen LogP contribution in [0.1, 0.15) is 25.0 Å². The highest BCUT2D eigenvalue weighted by atomic mass is 32.2. The molecule has 96 valence electrons. The average Bonchev–Trinajstić information content (AvgIpc) is 2.15. The molecular formula is C13H21NO2S. The maximum atomic E-state index is 12.2. The third kappa shape index (κ3) is 3.82. The van der Waals surface area contributed by atoms with E-state index in [1.54, 1.807) is 6.07 Å². The lowest BCUT2D eigenvalue weighted by atomic mass is 10.2. The Bertz CT molecular complexity index is 480. The van der Waals surface area contributed by atoms with Crippen molar-refractivity contribution in [1.82, 2.24) is 5.32 Å². The molecule has 0 spiro atoms. The van der Waals surface area contributed by atoms with E-state index in [0.717, 1.165) is 17.7 Å². The zero-order chi connectivity index (χ0) is 13.1. The number of benzene rings is 1. The maximum Gasteiger partial charge on any atom is 0.180 e. The lowest BCUT2D eigenvalue weighted by Crippen LogP contribution is -2.32. The molecule has 0 amide bonds. The molecule has 0 bridgehead atoms. The van der Waals surface area contributed by atoms with Gasteiger partial charge in [0, 0.05) is 6.04 Å². The van der Waals surface area contributed by atoms with Crippen molar-refractivity contribution in [1.29, 1.82) is 0 Å². The van der Waals surface area contributed by atoms with E-state index in [4.69, 9.17) is 0 Å².